The molecule has 1 unspecified atom stereocenters. The van der Waals surface area contributed by atoms with E-state index in [4.69, 9.17) is 9.47 Å². The molecule has 2 aromatic carbocycles. The van der Waals surface area contributed by atoms with Crippen LogP contribution in [0.4, 0.5) is 5.13 Å². The Labute approximate surface area is 204 Å². The topological polar surface area (TPSA) is 111 Å². The molecule has 3 heterocycles. The zero-order chi connectivity index (χ0) is 23.5. The van der Waals surface area contributed by atoms with E-state index < -0.39 is 0 Å². The highest BCUT2D eigenvalue weighted by Crippen LogP contribution is 2.30. The Balaban J connectivity index is 1.30. The van der Waals surface area contributed by atoms with Crippen LogP contribution in [-0.2, 0) is 16.1 Å². The van der Waals surface area contributed by atoms with Gasteiger partial charge in [0.05, 0.1) is 35.7 Å². The number of anilines is 1. The van der Waals surface area contributed by atoms with Crippen LogP contribution < -0.4 is 10.1 Å². The van der Waals surface area contributed by atoms with Gasteiger partial charge in [-0.05, 0) is 55.3 Å². The first-order valence-corrected chi connectivity index (χ1v) is 12.6. The van der Waals surface area contributed by atoms with Gasteiger partial charge < -0.3 is 19.9 Å². The van der Waals surface area contributed by atoms with Gasteiger partial charge in [-0.3, -0.25) is 9.36 Å². The molecule has 1 aliphatic heterocycles. The summed E-state index contributed by atoms with van der Waals surface area (Å²) in [6.45, 7) is 1.35. The van der Waals surface area contributed by atoms with Crippen molar-refractivity contribution in [1.82, 2.24) is 19.7 Å². The molecule has 0 radical (unpaired) electrons. The second kappa shape index (κ2) is 10.00. The number of carbonyl (C=O) groups excluding carboxylic acids is 1. The fourth-order valence-electron chi connectivity index (χ4n) is 3.75. The van der Waals surface area contributed by atoms with Crippen molar-refractivity contribution in [2.45, 2.75) is 30.6 Å². The maximum absolute atomic E-state index is 12.7. The van der Waals surface area contributed by atoms with Crippen molar-refractivity contribution >= 4 is 44.4 Å². The smallest absolute Gasteiger partial charge is 0.236 e. The monoisotopic (exact) mass is 497 g/mol. The van der Waals surface area contributed by atoms with Crippen molar-refractivity contribution < 1.29 is 19.4 Å². The van der Waals surface area contributed by atoms with Crippen molar-refractivity contribution in [3.8, 4) is 22.9 Å². The molecule has 1 saturated heterocycles. The predicted molar refractivity (Wildman–Crippen MR) is 132 cm³/mol. The number of benzene rings is 2. The molecule has 4 aromatic rings. The Hall–Kier alpha value is -3.15. The zero-order valence-corrected chi connectivity index (χ0v) is 20.1. The maximum Gasteiger partial charge on any atom is 0.236 e. The molecule has 0 bridgehead atoms. The summed E-state index contributed by atoms with van der Waals surface area (Å²) in [4.78, 5) is 17.1. The summed E-state index contributed by atoms with van der Waals surface area (Å²) in [5.74, 6) is 1.61. The van der Waals surface area contributed by atoms with Crippen LogP contribution >= 0.6 is 23.1 Å². The van der Waals surface area contributed by atoms with E-state index in [-0.39, 0.29) is 23.5 Å². The number of aromatic nitrogens is 4. The van der Waals surface area contributed by atoms with Crippen molar-refractivity contribution in [1.29, 1.82) is 0 Å². The van der Waals surface area contributed by atoms with Crippen molar-refractivity contribution in [2.24, 2.45) is 0 Å². The molecule has 1 amide bonds. The van der Waals surface area contributed by atoms with E-state index in [1.165, 1.54) is 23.1 Å². The van der Waals surface area contributed by atoms with Gasteiger partial charge in [-0.15, -0.1) is 10.2 Å². The number of carbonyl (C=O) groups is 1. The third-order valence-electron chi connectivity index (χ3n) is 5.43. The number of fused-ring (bicyclic) bond motifs is 1. The molecule has 0 aliphatic carbocycles. The second-order valence-electron chi connectivity index (χ2n) is 7.79. The number of hydrogen-bond acceptors (Lipinski definition) is 9. The molecule has 1 fully saturated rings. The maximum atomic E-state index is 12.7. The van der Waals surface area contributed by atoms with Gasteiger partial charge in [0.1, 0.15) is 11.5 Å². The normalized spacial score (nSPS) is 15.6. The zero-order valence-electron chi connectivity index (χ0n) is 18.4. The first kappa shape index (κ1) is 22.6. The largest absolute Gasteiger partial charge is 0.508 e. The summed E-state index contributed by atoms with van der Waals surface area (Å²) >= 11 is 2.72. The van der Waals surface area contributed by atoms with E-state index >= 15 is 0 Å². The molecule has 0 spiro atoms. The van der Waals surface area contributed by atoms with Crippen LogP contribution in [0.3, 0.4) is 0 Å². The number of thiazole rings is 1. The summed E-state index contributed by atoms with van der Waals surface area (Å²) in [7, 11) is 1.62. The van der Waals surface area contributed by atoms with Gasteiger partial charge >= 0.3 is 0 Å². The quantitative estimate of drug-likeness (QED) is 0.349. The minimum absolute atomic E-state index is 0.0831. The number of ether oxygens (including phenoxy) is 2. The van der Waals surface area contributed by atoms with Crippen LogP contribution in [0.15, 0.2) is 47.6 Å². The number of nitrogens with one attached hydrogen (secondary N) is 1. The highest BCUT2D eigenvalue weighted by atomic mass is 32.2. The molecular formula is C23H23N5O4S2. The van der Waals surface area contributed by atoms with Crippen LogP contribution in [-0.4, -0.2) is 56.3 Å². The second-order valence-corrected chi connectivity index (χ2v) is 9.76. The average Bonchev–Trinajstić information content (AvgIpc) is 3.58. The third kappa shape index (κ3) is 5.01. The standard InChI is InChI=1S/C23H23N5O4S2/c1-31-16-8-9-18-19(11-16)34-22(24-18)25-20(30)13-33-23-27-26-21(14-4-6-15(29)7-5-14)28(23)12-17-3-2-10-32-17/h4-9,11,17,29H,2-3,10,12-13H2,1H3,(H,24,25,30). The minimum atomic E-state index is -0.172. The van der Waals surface area contributed by atoms with Crippen LogP contribution in [0.25, 0.3) is 21.6 Å². The molecule has 1 atom stereocenters. The predicted octanol–water partition coefficient (Wildman–Crippen LogP) is 4.18. The molecule has 2 N–H and O–H groups in total. The van der Waals surface area contributed by atoms with E-state index in [1.54, 1.807) is 31.4 Å². The summed E-state index contributed by atoms with van der Waals surface area (Å²) < 4.78 is 14.0. The third-order valence-corrected chi connectivity index (χ3v) is 7.33. The molecule has 2 aromatic heterocycles. The van der Waals surface area contributed by atoms with Gasteiger partial charge in [-0.1, -0.05) is 23.1 Å². The number of phenols is 1. The van der Waals surface area contributed by atoms with E-state index in [0.717, 1.165) is 41.0 Å². The summed E-state index contributed by atoms with van der Waals surface area (Å²) in [5, 5.41) is 22.4. The average molecular weight is 498 g/mol. The Morgan fingerprint density at radius 2 is 2.15 bits per heavy atom. The first-order valence-electron chi connectivity index (χ1n) is 10.8. The van der Waals surface area contributed by atoms with Gasteiger partial charge in [-0.2, -0.15) is 0 Å². The number of methoxy groups -OCH3 is 1. The fraction of sp³-hybridized carbons (Fsp3) is 0.304. The Bertz CT molecular complexity index is 1300. The van der Waals surface area contributed by atoms with E-state index in [1.807, 2.05) is 22.8 Å². The van der Waals surface area contributed by atoms with E-state index in [9.17, 15) is 9.90 Å². The van der Waals surface area contributed by atoms with E-state index in [2.05, 4.69) is 20.5 Å². The lowest BCUT2D eigenvalue weighted by Gasteiger charge is -2.14. The number of aromatic hydroxyl groups is 1. The lowest BCUT2D eigenvalue weighted by Crippen LogP contribution is -2.18. The van der Waals surface area contributed by atoms with Gasteiger partial charge in [0.15, 0.2) is 16.1 Å². The Morgan fingerprint density at radius 3 is 2.91 bits per heavy atom. The Morgan fingerprint density at radius 1 is 1.29 bits per heavy atom. The number of hydrogen-bond donors (Lipinski definition) is 2. The van der Waals surface area contributed by atoms with E-state index in [0.29, 0.717) is 22.7 Å². The summed E-state index contributed by atoms with van der Waals surface area (Å²) in [5.41, 5.74) is 1.65. The van der Waals surface area contributed by atoms with Crippen molar-refractivity contribution in [3.05, 3.63) is 42.5 Å². The van der Waals surface area contributed by atoms with Crippen LogP contribution in [0.5, 0.6) is 11.5 Å². The fourth-order valence-corrected chi connectivity index (χ4v) is 5.41. The molecule has 176 valence electrons. The molecule has 34 heavy (non-hydrogen) atoms. The van der Waals surface area contributed by atoms with Gasteiger partial charge in [0.2, 0.25) is 5.91 Å². The number of phenolic OH excluding ortho intramolecular Hbond substituents is 1. The highest BCUT2D eigenvalue weighted by molar-refractivity contribution is 7.99. The van der Waals surface area contributed by atoms with Gasteiger partial charge in [0, 0.05) is 12.2 Å². The first-order chi connectivity index (χ1) is 16.6. The number of amides is 1. The SMILES string of the molecule is COc1ccc2nc(NC(=O)CSc3nnc(-c4ccc(O)cc4)n3CC3CCCO3)sc2c1. The number of rotatable bonds is 8. The molecular weight excluding hydrogens is 474 g/mol. The molecule has 5 rings (SSSR count). The van der Waals surface area contributed by atoms with Crippen LogP contribution in [0.1, 0.15) is 12.8 Å². The van der Waals surface area contributed by atoms with Gasteiger partial charge in [-0.25, -0.2) is 4.98 Å². The summed E-state index contributed by atoms with van der Waals surface area (Å²) in [6.07, 6.45) is 2.08. The van der Waals surface area contributed by atoms with Gasteiger partial charge in [0.25, 0.3) is 0 Å². The molecule has 1 aliphatic rings. The summed E-state index contributed by atoms with van der Waals surface area (Å²) in [6, 6.07) is 12.4. The van der Waals surface area contributed by atoms with Crippen molar-refractivity contribution in [3.63, 3.8) is 0 Å². The highest BCUT2D eigenvalue weighted by Gasteiger charge is 2.22. The number of thioether (sulfide) groups is 1. The molecule has 9 nitrogen and oxygen atoms in total. The lowest BCUT2D eigenvalue weighted by atomic mass is 10.2. The number of nitrogens with zero attached hydrogens (tertiary/aromatic N) is 4. The molecule has 11 heteroatoms. The van der Waals surface area contributed by atoms with Crippen molar-refractivity contribution in [2.75, 3.05) is 24.8 Å². The molecule has 0 saturated carbocycles. The van der Waals surface area contributed by atoms with Crippen LogP contribution in [0, 0.1) is 0 Å². The minimum Gasteiger partial charge on any atom is -0.508 e. The Kier molecular flexibility index (Phi) is 6.66. The lowest BCUT2D eigenvalue weighted by molar-refractivity contribution is -0.113. The van der Waals surface area contributed by atoms with Crippen LogP contribution in [0.2, 0.25) is 0 Å².